The smallest absolute Gasteiger partial charge is 0.247 e. The van der Waals surface area contributed by atoms with E-state index in [0.29, 0.717) is 0 Å². The molecule has 1 aliphatic rings. The molecular weight excluding hydrogens is 306 g/mol. The van der Waals surface area contributed by atoms with E-state index in [-0.39, 0.29) is 23.4 Å². The van der Waals surface area contributed by atoms with Crippen LogP contribution in [0.5, 0.6) is 0 Å². The van der Waals surface area contributed by atoms with Crippen LogP contribution in [0.3, 0.4) is 0 Å². The van der Waals surface area contributed by atoms with Gasteiger partial charge >= 0.3 is 0 Å². The van der Waals surface area contributed by atoms with Crippen LogP contribution in [0.1, 0.15) is 40.0 Å². The monoisotopic (exact) mass is 331 g/mol. The number of rotatable bonds is 4. The first-order valence-electron chi connectivity index (χ1n) is 7.97. The fraction of sp³-hybridized carbons (Fsp3) is 0.556. The van der Waals surface area contributed by atoms with Crippen molar-refractivity contribution < 1.29 is 4.79 Å². The molecule has 124 valence electrons. The molecular formula is C18H25N3OS. The Morgan fingerprint density at radius 1 is 1.43 bits per heavy atom. The molecule has 0 radical (unpaired) electrons. The van der Waals surface area contributed by atoms with Crippen molar-refractivity contribution in [2.24, 2.45) is 5.41 Å². The van der Waals surface area contributed by atoms with Crippen molar-refractivity contribution >= 4 is 23.4 Å². The zero-order chi connectivity index (χ0) is 17.0. The molecule has 1 heterocycles. The molecule has 1 N–H and O–H groups in total. The summed E-state index contributed by atoms with van der Waals surface area (Å²) in [4.78, 5) is 15.4. The molecule has 0 saturated carbocycles. The van der Waals surface area contributed by atoms with Gasteiger partial charge in [-0.25, -0.2) is 0 Å². The number of nitrogens with one attached hydrogen (secondary N) is 1. The lowest BCUT2D eigenvalue weighted by Crippen LogP contribution is -2.41. The summed E-state index contributed by atoms with van der Waals surface area (Å²) < 4.78 is 0. The third kappa shape index (κ3) is 4.65. The van der Waals surface area contributed by atoms with Crippen LogP contribution in [0, 0.1) is 16.9 Å². The second kappa shape index (κ2) is 7.27. The minimum Gasteiger partial charge on any atom is -0.324 e. The van der Waals surface area contributed by atoms with Gasteiger partial charge in [-0.2, -0.15) is 5.26 Å². The van der Waals surface area contributed by atoms with E-state index in [2.05, 4.69) is 32.3 Å². The van der Waals surface area contributed by atoms with Gasteiger partial charge in [-0.1, -0.05) is 26.8 Å². The highest BCUT2D eigenvalue weighted by molar-refractivity contribution is 7.98. The van der Waals surface area contributed by atoms with Crippen LogP contribution in [-0.2, 0) is 4.79 Å². The maximum atomic E-state index is 12.6. The van der Waals surface area contributed by atoms with E-state index in [1.165, 1.54) is 0 Å². The van der Waals surface area contributed by atoms with Crippen molar-refractivity contribution in [3.05, 3.63) is 24.3 Å². The standard InChI is InChI=1S/C18H25N3OS/c1-18(2,3)11-14-8-9-16(21(14)12-19)17(22)20-13-6-5-7-15(10-13)23-4/h5-7,10,14,16H,8-9,11H2,1-4H3,(H,20,22). The molecule has 1 amide bonds. The highest BCUT2D eigenvalue weighted by Crippen LogP contribution is 2.33. The Hall–Kier alpha value is -1.67. The average Bonchev–Trinajstić information content (AvgIpc) is 2.88. The summed E-state index contributed by atoms with van der Waals surface area (Å²) in [5, 5.41) is 12.5. The van der Waals surface area contributed by atoms with Gasteiger partial charge in [0.05, 0.1) is 0 Å². The SMILES string of the molecule is CSc1cccc(NC(=O)C2CCC(CC(C)(C)C)N2C#N)c1. The minimum atomic E-state index is -0.356. The number of nitriles is 1. The van der Waals surface area contributed by atoms with E-state index >= 15 is 0 Å². The number of amides is 1. The summed E-state index contributed by atoms with van der Waals surface area (Å²) in [6.45, 7) is 6.51. The number of thioether (sulfide) groups is 1. The van der Waals surface area contributed by atoms with Gasteiger partial charge in [0.15, 0.2) is 6.19 Å². The molecule has 4 nitrogen and oxygen atoms in total. The largest absolute Gasteiger partial charge is 0.324 e. The van der Waals surface area contributed by atoms with Crippen LogP contribution in [0.2, 0.25) is 0 Å². The van der Waals surface area contributed by atoms with Gasteiger partial charge in [-0.3, -0.25) is 9.69 Å². The summed E-state index contributed by atoms with van der Waals surface area (Å²) in [7, 11) is 0. The lowest BCUT2D eigenvalue weighted by atomic mass is 9.87. The van der Waals surface area contributed by atoms with Crippen molar-refractivity contribution in [3.63, 3.8) is 0 Å². The van der Waals surface area contributed by atoms with Gasteiger partial charge in [0.25, 0.3) is 0 Å². The Kier molecular flexibility index (Phi) is 5.59. The van der Waals surface area contributed by atoms with Gasteiger partial charge in [0.2, 0.25) is 5.91 Å². The molecule has 2 rings (SSSR count). The second-order valence-electron chi connectivity index (χ2n) is 7.24. The number of nitrogens with zero attached hydrogens (tertiary/aromatic N) is 2. The number of hydrogen-bond acceptors (Lipinski definition) is 4. The molecule has 1 aliphatic heterocycles. The average molecular weight is 331 g/mol. The molecule has 1 fully saturated rings. The first-order valence-corrected chi connectivity index (χ1v) is 9.19. The van der Waals surface area contributed by atoms with E-state index in [4.69, 9.17) is 0 Å². The van der Waals surface area contributed by atoms with Gasteiger partial charge in [0.1, 0.15) is 6.04 Å². The van der Waals surface area contributed by atoms with Crippen molar-refractivity contribution in [2.45, 2.75) is 57.0 Å². The summed E-state index contributed by atoms with van der Waals surface area (Å²) in [6, 6.07) is 7.59. The van der Waals surface area contributed by atoms with Crippen molar-refractivity contribution in [1.82, 2.24) is 4.90 Å². The zero-order valence-corrected chi connectivity index (χ0v) is 15.1. The number of likely N-dealkylation sites (tertiary alicyclic amines) is 1. The Morgan fingerprint density at radius 2 is 2.17 bits per heavy atom. The fourth-order valence-electron chi connectivity index (χ4n) is 3.13. The van der Waals surface area contributed by atoms with Gasteiger partial charge in [-0.05, 0) is 49.1 Å². The molecule has 2 atom stereocenters. The number of carbonyl (C=O) groups excluding carboxylic acids is 1. The van der Waals surface area contributed by atoms with Crippen molar-refractivity contribution in [1.29, 1.82) is 5.26 Å². The van der Waals surface area contributed by atoms with Crippen LogP contribution in [0.25, 0.3) is 0 Å². The van der Waals surface area contributed by atoms with Crippen LogP contribution in [0.15, 0.2) is 29.2 Å². The third-order valence-corrected chi connectivity index (χ3v) is 4.83. The maximum Gasteiger partial charge on any atom is 0.247 e. The molecule has 1 saturated heterocycles. The quantitative estimate of drug-likeness (QED) is 0.667. The van der Waals surface area contributed by atoms with Crippen LogP contribution in [0.4, 0.5) is 5.69 Å². The maximum absolute atomic E-state index is 12.6. The Balaban J connectivity index is 2.06. The molecule has 0 bridgehead atoms. The summed E-state index contributed by atoms with van der Waals surface area (Å²) in [5.74, 6) is -0.0822. The van der Waals surface area contributed by atoms with Gasteiger partial charge in [-0.15, -0.1) is 11.8 Å². The summed E-state index contributed by atoms with van der Waals surface area (Å²) in [5.41, 5.74) is 0.941. The normalized spacial score (nSPS) is 21.1. The molecule has 23 heavy (non-hydrogen) atoms. The van der Waals surface area contributed by atoms with E-state index < -0.39 is 0 Å². The summed E-state index contributed by atoms with van der Waals surface area (Å²) >= 11 is 1.64. The molecule has 0 aromatic heterocycles. The molecule has 5 heteroatoms. The van der Waals surface area contributed by atoms with Crippen molar-refractivity contribution in [2.75, 3.05) is 11.6 Å². The molecule has 2 unspecified atom stereocenters. The number of carbonyl (C=O) groups is 1. The summed E-state index contributed by atoms with van der Waals surface area (Å²) in [6.07, 6.45) is 6.81. The highest BCUT2D eigenvalue weighted by atomic mass is 32.2. The lowest BCUT2D eigenvalue weighted by Gasteiger charge is -2.29. The molecule has 1 aromatic rings. The van der Waals surface area contributed by atoms with Crippen molar-refractivity contribution in [3.8, 4) is 6.19 Å². The predicted molar refractivity (Wildman–Crippen MR) is 95.2 cm³/mol. The van der Waals surface area contributed by atoms with E-state index in [0.717, 1.165) is 29.8 Å². The van der Waals surface area contributed by atoms with Crippen LogP contribution >= 0.6 is 11.8 Å². The zero-order valence-electron chi connectivity index (χ0n) is 14.3. The van der Waals surface area contributed by atoms with Crippen LogP contribution < -0.4 is 5.32 Å². The third-order valence-electron chi connectivity index (χ3n) is 4.11. The Bertz CT molecular complexity index is 603. The van der Waals surface area contributed by atoms with Gasteiger partial charge < -0.3 is 5.32 Å². The Morgan fingerprint density at radius 3 is 2.78 bits per heavy atom. The molecule has 0 spiro atoms. The lowest BCUT2D eigenvalue weighted by molar-refractivity contribution is -0.119. The van der Waals surface area contributed by atoms with Gasteiger partial charge in [0, 0.05) is 16.6 Å². The first kappa shape index (κ1) is 17.7. The topological polar surface area (TPSA) is 56.1 Å². The predicted octanol–water partition coefficient (Wildman–Crippen LogP) is 4.10. The number of hydrogen-bond donors (Lipinski definition) is 1. The molecule has 1 aromatic carbocycles. The fourth-order valence-corrected chi connectivity index (χ4v) is 3.58. The van der Waals surface area contributed by atoms with E-state index in [9.17, 15) is 10.1 Å². The van der Waals surface area contributed by atoms with E-state index in [1.54, 1.807) is 16.7 Å². The molecule has 0 aliphatic carbocycles. The first-order chi connectivity index (χ1) is 10.8. The highest BCUT2D eigenvalue weighted by Gasteiger charge is 2.38. The minimum absolute atomic E-state index is 0.0822. The van der Waals surface area contributed by atoms with E-state index in [1.807, 2.05) is 30.5 Å². The second-order valence-corrected chi connectivity index (χ2v) is 8.12. The number of benzene rings is 1. The van der Waals surface area contributed by atoms with Crippen LogP contribution in [-0.4, -0.2) is 29.1 Å². The number of anilines is 1. The Labute approximate surface area is 143 Å².